The van der Waals surface area contributed by atoms with E-state index < -0.39 is 0 Å². The SMILES string of the molecule is CNC(=O)N1CCN[C@H](C)C1. The van der Waals surface area contributed by atoms with Crippen molar-refractivity contribution in [2.24, 2.45) is 0 Å². The Bertz CT molecular complexity index is 149. The largest absolute Gasteiger partial charge is 0.341 e. The summed E-state index contributed by atoms with van der Waals surface area (Å²) in [7, 11) is 1.66. The lowest BCUT2D eigenvalue weighted by Crippen LogP contribution is -2.53. The summed E-state index contributed by atoms with van der Waals surface area (Å²) in [6.45, 7) is 4.59. The third-order valence-electron chi connectivity index (χ3n) is 1.87. The molecule has 1 aliphatic heterocycles. The summed E-state index contributed by atoms with van der Waals surface area (Å²) in [5.41, 5.74) is 0. The number of nitrogens with zero attached hydrogens (tertiary/aromatic N) is 1. The van der Waals surface area contributed by atoms with Gasteiger partial charge in [-0.25, -0.2) is 4.79 Å². The van der Waals surface area contributed by atoms with E-state index in [1.165, 1.54) is 0 Å². The van der Waals surface area contributed by atoms with Crippen molar-refractivity contribution in [2.75, 3.05) is 26.7 Å². The van der Waals surface area contributed by atoms with Crippen molar-refractivity contribution in [2.45, 2.75) is 13.0 Å². The van der Waals surface area contributed by atoms with Gasteiger partial charge in [0.15, 0.2) is 0 Å². The second kappa shape index (κ2) is 3.57. The maximum atomic E-state index is 11.1. The van der Waals surface area contributed by atoms with Gasteiger partial charge in [-0.3, -0.25) is 0 Å². The van der Waals surface area contributed by atoms with E-state index in [1.54, 1.807) is 7.05 Å². The molecule has 1 heterocycles. The summed E-state index contributed by atoms with van der Waals surface area (Å²) < 4.78 is 0. The molecule has 0 aromatic carbocycles. The zero-order chi connectivity index (χ0) is 8.27. The molecular formula is C7H15N3O. The summed E-state index contributed by atoms with van der Waals surface area (Å²) in [6.07, 6.45) is 0. The van der Waals surface area contributed by atoms with Crippen molar-refractivity contribution in [3.8, 4) is 0 Å². The molecule has 0 radical (unpaired) electrons. The third-order valence-corrected chi connectivity index (χ3v) is 1.87. The molecule has 64 valence electrons. The minimum absolute atomic E-state index is 0.0263. The van der Waals surface area contributed by atoms with Crippen LogP contribution >= 0.6 is 0 Å². The highest BCUT2D eigenvalue weighted by Crippen LogP contribution is 1.97. The van der Waals surface area contributed by atoms with Crippen molar-refractivity contribution in [3.05, 3.63) is 0 Å². The first-order valence-corrected chi connectivity index (χ1v) is 3.94. The fourth-order valence-corrected chi connectivity index (χ4v) is 1.27. The highest BCUT2D eigenvalue weighted by atomic mass is 16.2. The number of hydrogen-bond donors (Lipinski definition) is 2. The topological polar surface area (TPSA) is 44.4 Å². The van der Waals surface area contributed by atoms with E-state index in [4.69, 9.17) is 0 Å². The van der Waals surface area contributed by atoms with Gasteiger partial charge in [-0.1, -0.05) is 0 Å². The van der Waals surface area contributed by atoms with Crippen LogP contribution in [0.1, 0.15) is 6.92 Å². The standard InChI is InChI=1S/C7H15N3O/c1-6-5-10(4-3-9-6)7(11)8-2/h6,9H,3-5H2,1-2H3,(H,8,11)/t6-/m1/s1. The molecule has 2 amide bonds. The number of piperazine rings is 1. The first kappa shape index (κ1) is 8.33. The van der Waals surface area contributed by atoms with Crippen LogP contribution in [0.15, 0.2) is 0 Å². The maximum Gasteiger partial charge on any atom is 0.317 e. The summed E-state index contributed by atoms with van der Waals surface area (Å²) in [5, 5.41) is 5.88. The molecule has 0 aliphatic carbocycles. The fourth-order valence-electron chi connectivity index (χ4n) is 1.27. The van der Waals surface area contributed by atoms with Crippen LogP contribution in [0.4, 0.5) is 4.79 Å². The van der Waals surface area contributed by atoms with E-state index in [2.05, 4.69) is 17.6 Å². The molecule has 0 spiro atoms. The summed E-state index contributed by atoms with van der Waals surface area (Å²) in [4.78, 5) is 12.9. The van der Waals surface area contributed by atoms with Crippen molar-refractivity contribution in [1.82, 2.24) is 15.5 Å². The highest BCUT2D eigenvalue weighted by Gasteiger charge is 2.18. The van der Waals surface area contributed by atoms with E-state index in [9.17, 15) is 4.79 Å². The van der Waals surface area contributed by atoms with Gasteiger partial charge >= 0.3 is 6.03 Å². The van der Waals surface area contributed by atoms with E-state index in [1.807, 2.05) is 4.90 Å². The van der Waals surface area contributed by atoms with Crippen LogP contribution < -0.4 is 10.6 Å². The molecule has 1 aliphatic rings. The van der Waals surface area contributed by atoms with Crippen LogP contribution in [0.25, 0.3) is 0 Å². The molecule has 0 aromatic rings. The Kier molecular flexibility index (Phi) is 2.70. The molecular weight excluding hydrogens is 142 g/mol. The number of urea groups is 1. The quantitative estimate of drug-likeness (QED) is 0.503. The van der Waals surface area contributed by atoms with Gasteiger partial charge in [0, 0.05) is 32.7 Å². The molecule has 1 saturated heterocycles. The second-order valence-corrected chi connectivity index (χ2v) is 2.86. The number of hydrogen-bond acceptors (Lipinski definition) is 2. The van der Waals surface area contributed by atoms with Crippen molar-refractivity contribution in [3.63, 3.8) is 0 Å². The molecule has 0 aromatic heterocycles. The second-order valence-electron chi connectivity index (χ2n) is 2.86. The van der Waals surface area contributed by atoms with E-state index in [0.717, 1.165) is 19.6 Å². The smallest absolute Gasteiger partial charge is 0.317 e. The van der Waals surface area contributed by atoms with Crippen molar-refractivity contribution in [1.29, 1.82) is 0 Å². The van der Waals surface area contributed by atoms with E-state index in [0.29, 0.717) is 6.04 Å². The molecule has 0 saturated carbocycles. The normalized spacial score (nSPS) is 24.9. The lowest BCUT2D eigenvalue weighted by molar-refractivity contribution is 0.181. The summed E-state index contributed by atoms with van der Waals surface area (Å²) >= 11 is 0. The fraction of sp³-hybridized carbons (Fsp3) is 0.857. The monoisotopic (exact) mass is 157 g/mol. The first-order chi connectivity index (χ1) is 5.24. The van der Waals surface area contributed by atoms with Crippen LogP contribution in [-0.4, -0.2) is 43.7 Å². The van der Waals surface area contributed by atoms with Crippen LogP contribution in [0.5, 0.6) is 0 Å². The van der Waals surface area contributed by atoms with Crippen LogP contribution in [0.2, 0.25) is 0 Å². The van der Waals surface area contributed by atoms with Crippen LogP contribution in [-0.2, 0) is 0 Å². The number of rotatable bonds is 0. The molecule has 4 heteroatoms. The highest BCUT2D eigenvalue weighted by molar-refractivity contribution is 5.73. The third kappa shape index (κ3) is 2.08. The zero-order valence-electron chi connectivity index (χ0n) is 7.05. The van der Waals surface area contributed by atoms with Crippen molar-refractivity contribution >= 4 is 6.03 Å². The Balaban J connectivity index is 2.39. The molecule has 0 bridgehead atoms. The maximum absolute atomic E-state index is 11.1. The summed E-state index contributed by atoms with van der Waals surface area (Å²) in [5.74, 6) is 0. The van der Waals surface area contributed by atoms with Gasteiger partial charge in [0.1, 0.15) is 0 Å². The molecule has 1 atom stereocenters. The minimum atomic E-state index is 0.0263. The number of carbonyl (C=O) groups is 1. The lowest BCUT2D eigenvalue weighted by atomic mass is 10.2. The lowest BCUT2D eigenvalue weighted by Gasteiger charge is -2.31. The van der Waals surface area contributed by atoms with Gasteiger partial charge < -0.3 is 15.5 Å². The summed E-state index contributed by atoms with van der Waals surface area (Å²) in [6, 6.07) is 0.444. The number of nitrogens with one attached hydrogen (secondary N) is 2. The molecule has 2 N–H and O–H groups in total. The van der Waals surface area contributed by atoms with Gasteiger partial charge in [0.2, 0.25) is 0 Å². The average Bonchev–Trinajstić information content (AvgIpc) is 2.03. The Morgan fingerprint density at radius 2 is 2.45 bits per heavy atom. The Hall–Kier alpha value is -0.770. The van der Waals surface area contributed by atoms with E-state index in [-0.39, 0.29) is 6.03 Å². The molecule has 0 unspecified atom stereocenters. The number of amides is 2. The Morgan fingerprint density at radius 1 is 1.73 bits per heavy atom. The Morgan fingerprint density at radius 3 is 3.00 bits per heavy atom. The van der Waals surface area contributed by atoms with Gasteiger partial charge in [-0.2, -0.15) is 0 Å². The predicted molar refractivity (Wildman–Crippen MR) is 43.5 cm³/mol. The minimum Gasteiger partial charge on any atom is -0.341 e. The molecule has 1 rings (SSSR count). The zero-order valence-corrected chi connectivity index (χ0v) is 7.05. The van der Waals surface area contributed by atoms with Gasteiger partial charge in [0.25, 0.3) is 0 Å². The van der Waals surface area contributed by atoms with Gasteiger partial charge in [-0.05, 0) is 6.92 Å². The van der Waals surface area contributed by atoms with Gasteiger partial charge in [-0.15, -0.1) is 0 Å². The number of carbonyl (C=O) groups excluding carboxylic acids is 1. The van der Waals surface area contributed by atoms with Crippen LogP contribution in [0, 0.1) is 0 Å². The predicted octanol–water partition coefficient (Wildman–Crippen LogP) is -0.380. The molecule has 11 heavy (non-hydrogen) atoms. The molecule has 1 fully saturated rings. The van der Waals surface area contributed by atoms with Crippen molar-refractivity contribution < 1.29 is 4.79 Å². The van der Waals surface area contributed by atoms with E-state index >= 15 is 0 Å². The average molecular weight is 157 g/mol. The van der Waals surface area contributed by atoms with Crippen LogP contribution in [0.3, 0.4) is 0 Å². The van der Waals surface area contributed by atoms with Gasteiger partial charge in [0.05, 0.1) is 0 Å². The Labute approximate surface area is 66.9 Å². The molecule has 4 nitrogen and oxygen atoms in total. The first-order valence-electron chi connectivity index (χ1n) is 3.94.